The Morgan fingerprint density at radius 3 is 2.62 bits per heavy atom. The molecule has 0 bridgehead atoms. The number of aromatic hydroxyl groups is 1. The van der Waals surface area contributed by atoms with Crippen LogP contribution in [0.15, 0.2) is 47.6 Å². The number of carbonyl (C=O) groups excluding carboxylic acids is 1. The first kappa shape index (κ1) is 17.3. The summed E-state index contributed by atoms with van der Waals surface area (Å²) in [5.41, 5.74) is 4.91. The Morgan fingerprint density at radius 1 is 1.25 bits per heavy atom. The summed E-state index contributed by atoms with van der Waals surface area (Å²) in [5, 5.41) is 16.9. The molecule has 0 unspecified atom stereocenters. The van der Waals surface area contributed by atoms with Crippen molar-refractivity contribution >= 4 is 17.8 Å². The van der Waals surface area contributed by atoms with Gasteiger partial charge in [0, 0.05) is 11.3 Å². The number of hydrogen-bond acceptors (Lipinski definition) is 5. The fourth-order valence-electron chi connectivity index (χ4n) is 2.04. The smallest absolute Gasteiger partial charge is 0.262 e. The summed E-state index contributed by atoms with van der Waals surface area (Å²) in [6.45, 7) is 3.75. The van der Waals surface area contributed by atoms with Gasteiger partial charge in [-0.25, -0.2) is 5.43 Å². The molecule has 24 heavy (non-hydrogen) atoms. The van der Waals surface area contributed by atoms with Crippen LogP contribution in [0.3, 0.4) is 0 Å². The molecule has 0 heterocycles. The number of benzene rings is 2. The molecule has 1 atom stereocenters. The van der Waals surface area contributed by atoms with Crippen LogP contribution in [0.1, 0.15) is 18.1 Å². The van der Waals surface area contributed by atoms with Crippen molar-refractivity contribution in [2.24, 2.45) is 5.10 Å². The van der Waals surface area contributed by atoms with Crippen molar-refractivity contribution in [3.63, 3.8) is 0 Å². The average Bonchev–Trinajstić information content (AvgIpc) is 2.58. The minimum Gasteiger partial charge on any atom is -0.504 e. The molecule has 2 aromatic carbocycles. The van der Waals surface area contributed by atoms with Crippen LogP contribution in [-0.4, -0.2) is 30.4 Å². The van der Waals surface area contributed by atoms with E-state index in [1.54, 1.807) is 25.1 Å². The highest BCUT2D eigenvalue weighted by molar-refractivity contribution is 5.88. The number of carbonyl (C=O) groups is 1. The number of amides is 1. The average molecular weight is 327 g/mol. The summed E-state index contributed by atoms with van der Waals surface area (Å²) in [5.74, 6) is 0.0396. The molecular weight excluding hydrogens is 306 g/mol. The molecular formula is C18H21N3O3. The van der Waals surface area contributed by atoms with Crippen LogP contribution >= 0.6 is 0 Å². The van der Waals surface area contributed by atoms with Crippen molar-refractivity contribution < 1.29 is 14.6 Å². The van der Waals surface area contributed by atoms with E-state index < -0.39 is 6.04 Å². The summed E-state index contributed by atoms with van der Waals surface area (Å²) < 4.78 is 5.02. The van der Waals surface area contributed by atoms with Crippen LogP contribution in [0.25, 0.3) is 0 Å². The number of nitrogens with one attached hydrogen (secondary N) is 2. The molecule has 2 aromatic rings. The van der Waals surface area contributed by atoms with Gasteiger partial charge in [-0.3, -0.25) is 4.79 Å². The van der Waals surface area contributed by atoms with E-state index >= 15 is 0 Å². The van der Waals surface area contributed by atoms with Crippen LogP contribution in [0, 0.1) is 6.92 Å². The van der Waals surface area contributed by atoms with E-state index in [9.17, 15) is 9.90 Å². The number of methoxy groups -OCH3 is 1. The number of hydrazone groups is 1. The Morgan fingerprint density at radius 2 is 1.96 bits per heavy atom. The molecule has 6 nitrogen and oxygen atoms in total. The predicted molar refractivity (Wildman–Crippen MR) is 94.7 cm³/mol. The minimum absolute atomic E-state index is 0.0242. The van der Waals surface area contributed by atoms with Gasteiger partial charge in [-0.2, -0.15) is 5.10 Å². The third kappa shape index (κ3) is 4.49. The van der Waals surface area contributed by atoms with E-state index in [1.807, 2.05) is 31.2 Å². The number of phenolic OH excluding ortho intramolecular Hbond substituents is 1. The molecule has 3 N–H and O–H groups in total. The number of rotatable bonds is 6. The topological polar surface area (TPSA) is 83.0 Å². The molecule has 0 saturated heterocycles. The van der Waals surface area contributed by atoms with Crippen LogP contribution in [-0.2, 0) is 4.79 Å². The van der Waals surface area contributed by atoms with Crippen molar-refractivity contribution in [3.8, 4) is 11.5 Å². The fraction of sp³-hybridized carbons (Fsp3) is 0.222. The first-order chi connectivity index (χ1) is 11.5. The maximum atomic E-state index is 12.0. The second-order valence-electron chi connectivity index (χ2n) is 5.36. The summed E-state index contributed by atoms with van der Waals surface area (Å²) in [7, 11) is 1.47. The largest absolute Gasteiger partial charge is 0.504 e. The van der Waals surface area contributed by atoms with Gasteiger partial charge in [0.2, 0.25) is 0 Å². The van der Waals surface area contributed by atoms with Gasteiger partial charge in [0.1, 0.15) is 6.04 Å². The van der Waals surface area contributed by atoms with Crippen molar-refractivity contribution in [1.82, 2.24) is 5.43 Å². The number of ether oxygens (including phenoxy) is 1. The standard InChI is InChI=1S/C18H21N3O3/c1-12-7-9-15(10-8-12)20-13(2)18(23)21-19-11-14-5-4-6-16(24-3)17(14)22/h4-11,13,20,22H,1-3H3,(H,21,23)/b19-11-/t13-/m0/s1. The van der Waals surface area contributed by atoms with Gasteiger partial charge in [0.05, 0.1) is 13.3 Å². The molecule has 0 aliphatic heterocycles. The molecule has 2 rings (SSSR count). The quantitative estimate of drug-likeness (QED) is 0.563. The van der Waals surface area contributed by atoms with Crippen LogP contribution in [0.2, 0.25) is 0 Å². The van der Waals surface area contributed by atoms with E-state index in [2.05, 4.69) is 15.8 Å². The molecule has 0 aliphatic carbocycles. The number of aryl methyl sites for hydroxylation is 1. The number of nitrogens with zero attached hydrogens (tertiary/aromatic N) is 1. The Balaban J connectivity index is 1.93. The molecule has 0 fully saturated rings. The fourth-order valence-corrected chi connectivity index (χ4v) is 2.04. The summed E-state index contributed by atoms with van der Waals surface area (Å²) in [6.07, 6.45) is 1.37. The second kappa shape index (κ2) is 8.01. The predicted octanol–water partition coefficient (Wildman–Crippen LogP) is 2.66. The first-order valence-corrected chi connectivity index (χ1v) is 7.53. The normalized spacial score (nSPS) is 12.0. The zero-order valence-corrected chi connectivity index (χ0v) is 13.9. The molecule has 0 aromatic heterocycles. The molecule has 0 radical (unpaired) electrons. The summed E-state index contributed by atoms with van der Waals surface area (Å²) >= 11 is 0. The highest BCUT2D eigenvalue weighted by Crippen LogP contribution is 2.27. The number of phenols is 1. The molecule has 6 heteroatoms. The van der Waals surface area contributed by atoms with Gasteiger partial charge in [-0.1, -0.05) is 23.8 Å². The lowest BCUT2D eigenvalue weighted by atomic mass is 10.2. The van der Waals surface area contributed by atoms with Gasteiger partial charge in [-0.05, 0) is 38.1 Å². The maximum absolute atomic E-state index is 12.0. The zero-order valence-electron chi connectivity index (χ0n) is 13.9. The van der Waals surface area contributed by atoms with E-state index in [1.165, 1.54) is 13.3 Å². The Bertz CT molecular complexity index is 727. The monoisotopic (exact) mass is 327 g/mol. The van der Waals surface area contributed by atoms with Gasteiger partial charge in [-0.15, -0.1) is 0 Å². The maximum Gasteiger partial charge on any atom is 0.262 e. The van der Waals surface area contributed by atoms with Gasteiger partial charge in [0.25, 0.3) is 5.91 Å². The second-order valence-corrected chi connectivity index (χ2v) is 5.36. The lowest BCUT2D eigenvalue weighted by Crippen LogP contribution is -2.34. The number of para-hydroxylation sites is 1. The molecule has 1 amide bonds. The van der Waals surface area contributed by atoms with Gasteiger partial charge >= 0.3 is 0 Å². The van der Waals surface area contributed by atoms with E-state index in [-0.39, 0.29) is 11.7 Å². The highest BCUT2D eigenvalue weighted by atomic mass is 16.5. The highest BCUT2D eigenvalue weighted by Gasteiger charge is 2.11. The van der Waals surface area contributed by atoms with Crippen LogP contribution in [0.5, 0.6) is 11.5 Å². The molecule has 0 aliphatic rings. The van der Waals surface area contributed by atoms with Crippen LogP contribution in [0.4, 0.5) is 5.69 Å². The third-order valence-electron chi connectivity index (χ3n) is 3.46. The van der Waals surface area contributed by atoms with Crippen molar-refractivity contribution in [2.75, 3.05) is 12.4 Å². The first-order valence-electron chi connectivity index (χ1n) is 7.53. The van der Waals surface area contributed by atoms with E-state index in [0.717, 1.165) is 11.3 Å². The van der Waals surface area contributed by atoms with Gasteiger partial charge < -0.3 is 15.2 Å². The van der Waals surface area contributed by atoms with E-state index in [4.69, 9.17) is 4.74 Å². The Labute approximate surface area is 141 Å². The molecule has 126 valence electrons. The molecule has 0 spiro atoms. The Kier molecular flexibility index (Phi) is 5.78. The number of anilines is 1. The summed E-state index contributed by atoms with van der Waals surface area (Å²) in [6, 6.07) is 12.3. The van der Waals surface area contributed by atoms with Crippen LogP contribution < -0.4 is 15.5 Å². The van der Waals surface area contributed by atoms with Crippen molar-refractivity contribution in [1.29, 1.82) is 0 Å². The lowest BCUT2D eigenvalue weighted by molar-refractivity contribution is -0.121. The lowest BCUT2D eigenvalue weighted by Gasteiger charge is -2.13. The van der Waals surface area contributed by atoms with Gasteiger partial charge in [0.15, 0.2) is 11.5 Å². The SMILES string of the molecule is COc1cccc(/C=N\NC(=O)[C@H](C)Nc2ccc(C)cc2)c1O. The van der Waals surface area contributed by atoms with E-state index in [0.29, 0.717) is 11.3 Å². The molecule has 0 saturated carbocycles. The van der Waals surface area contributed by atoms with Crippen molar-refractivity contribution in [3.05, 3.63) is 53.6 Å². The third-order valence-corrected chi connectivity index (χ3v) is 3.46. The zero-order chi connectivity index (χ0) is 17.5. The van der Waals surface area contributed by atoms with Crippen molar-refractivity contribution in [2.45, 2.75) is 19.9 Å². The Hall–Kier alpha value is -3.02. The minimum atomic E-state index is -0.455. The summed E-state index contributed by atoms with van der Waals surface area (Å²) in [4.78, 5) is 12.0. The number of hydrogen-bond donors (Lipinski definition) is 3.